The Morgan fingerprint density at radius 3 is 2.38 bits per heavy atom. The zero-order valence-corrected chi connectivity index (χ0v) is 14.9. The minimum atomic E-state index is -4.48. The SMILES string of the molecule is CC1CCC(NC(=O)C2CCN(c3cc(C(F)(F)F)ncn3)CC2)CC1. The molecule has 1 aromatic rings. The van der Waals surface area contributed by atoms with E-state index < -0.39 is 11.9 Å². The van der Waals surface area contributed by atoms with E-state index >= 15 is 0 Å². The van der Waals surface area contributed by atoms with Gasteiger partial charge in [-0.3, -0.25) is 4.79 Å². The third kappa shape index (κ3) is 4.65. The molecule has 1 amide bonds. The first-order chi connectivity index (χ1) is 12.3. The summed E-state index contributed by atoms with van der Waals surface area (Å²) in [7, 11) is 0. The van der Waals surface area contributed by atoms with Crippen LogP contribution in [0.2, 0.25) is 0 Å². The van der Waals surface area contributed by atoms with Crippen LogP contribution < -0.4 is 10.2 Å². The highest BCUT2D eigenvalue weighted by molar-refractivity contribution is 5.79. The molecule has 144 valence electrons. The van der Waals surface area contributed by atoms with Crippen LogP contribution in [0.5, 0.6) is 0 Å². The number of anilines is 1. The number of aromatic nitrogens is 2. The summed E-state index contributed by atoms with van der Waals surface area (Å²) >= 11 is 0. The Morgan fingerprint density at radius 1 is 1.12 bits per heavy atom. The molecule has 3 rings (SSSR count). The Labute approximate surface area is 151 Å². The molecule has 0 unspecified atom stereocenters. The Morgan fingerprint density at radius 2 is 1.77 bits per heavy atom. The predicted octanol–water partition coefficient (Wildman–Crippen LogP) is 3.41. The number of carbonyl (C=O) groups is 1. The van der Waals surface area contributed by atoms with Gasteiger partial charge in [-0.25, -0.2) is 9.97 Å². The number of rotatable bonds is 3. The molecular weight excluding hydrogens is 345 g/mol. The van der Waals surface area contributed by atoms with Gasteiger partial charge in [-0.15, -0.1) is 0 Å². The zero-order chi connectivity index (χ0) is 18.7. The molecule has 0 bridgehead atoms. The fraction of sp³-hybridized carbons (Fsp3) is 0.722. The average Bonchev–Trinajstić information content (AvgIpc) is 2.63. The van der Waals surface area contributed by atoms with Crippen LogP contribution >= 0.6 is 0 Å². The minimum Gasteiger partial charge on any atom is -0.356 e. The summed E-state index contributed by atoms with van der Waals surface area (Å²) in [6.07, 6.45) is 2.09. The molecule has 1 saturated heterocycles. The highest BCUT2D eigenvalue weighted by Crippen LogP contribution is 2.30. The highest BCUT2D eigenvalue weighted by Gasteiger charge is 2.34. The lowest BCUT2D eigenvalue weighted by Crippen LogP contribution is -2.45. The molecule has 2 heterocycles. The van der Waals surface area contributed by atoms with E-state index in [1.54, 1.807) is 4.90 Å². The summed E-state index contributed by atoms with van der Waals surface area (Å²) < 4.78 is 38.4. The average molecular weight is 370 g/mol. The topological polar surface area (TPSA) is 58.1 Å². The maximum atomic E-state index is 12.8. The number of alkyl halides is 3. The van der Waals surface area contributed by atoms with Crippen LogP contribution in [0.25, 0.3) is 0 Å². The number of nitrogens with one attached hydrogen (secondary N) is 1. The van der Waals surface area contributed by atoms with Gasteiger partial charge in [0.2, 0.25) is 5.91 Å². The molecule has 0 radical (unpaired) electrons. The summed E-state index contributed by atoms with van der Waals surface area (Å²) in [4.78, 5) is 21.5. The Hall–Kier alpha value is -1.86. The van der Waals surface area contributed by atoms with Gasteiger partial charge < -0.3 is 10.2 Å². The number of amides is 1. The molecule has 26 heavy (non-hydrogen) atoms. The van der Waals surface area contributed by atoms with Crippen molar-refractivity contribution >= 4 is 11.7 Å². The first kappa shape index (κ1) is 18.9. The van der Waals surface area contributed by atoms with Crippen LogP contribution in [0.3, 0.4) is 0 Å². The van der Waals surface area contributed by atoms with E-state index in [1.807, 2.05) is 0 Å². The Balaban J connectivity index is 1.52. The number of piperidine rings is 1. The van der Waals surface area contributed by atoms with Crippen molar-refractivity contribution in [3.8, 4) is 0 Å². The van der Waals surface area contributed by atoms with Crippen molar-refractivity contribution in [2.75, 3.05) is 18.0 Å². The quantitative estimate of drug-likeness (QED) is 0.886. The van der Waals surface area contributed by atoms with Crippen molar-refractivity contribution in [1.82, 2.24) is 15.3 Å². The van der Waals surface area contributed by atoms with Crippen molar-refractivity contribution in [3.63, 3.8) is 0 Å². The molecule has 2 aliphatic rings. The Kier molecular flexibility index (Phi) is 5.67. The fourth-order valence-corrected chi connectivity index (χ4v) is 3.77. The molecule has 1 aromatic heterocycles. The Bertz CT molecular complexity index is 621. The van der Waals surface area contributed by atoms with Crippen LogP contribution in [0.4, 0.5) is 19.0 Å². The third-order valence-electron chi connectivity index (χ3n) is 5.50. The monoisotopic (exact) mass is 370 g/mol. The number of nitrogens with zero attached hydrogens (tertiary/aromatic N) is 3. The number of halogens is 3. The highest BCUT2D eigenvalue weighted by atomic mass is 19.4. The molecule has 8 heteroatoms. The molecule has 5 nitrogen and oxygen atoms in total. The summed E-state index contributed by atoms with van der Waals surface area (Å²) in [6, 6.07) is 1.25. The van der Waals surface area contributed by atoms with Gasteiger partial charge in [0.05, 0.1) is 0 Å². The molecule has 1 N–H and O–H groups in total. The molecule has 1 aliphatic heterocycles. The van der Waals surface area contributed by atoms with Crippen LogP contribution in [-0.2, 0) is 11.0 Å². The van der Waals surface area contributed by atoms with Gasteiger partial charge in [-0.05, 0) is 44.4 Å². The first-order valence-electron chi connectivity index (χ1n) is 9.27. The van der Waals surface area contributed by atoms with Crippen molar-refractivity contribution in [2.24, 2.45) is 11.8 Å². The molecule has 1 saturated carbocycles. The van der Waals surface area contributed by atoms with E-state index in [2.05, 4.69) is 22.2 Å². The van der Waals surface area contributed by atoms with Gasteiger partial charge in [0, 0.05) is 31.1 Å². The predicted molar refractivity (Wildman–Crippen MR) is 91.5 cm³/mol. The molecular formula is C18H25F3N4O. The van der Waals surface area contributed by atoms with Crippen molar-refractivity contribution in [1.29, 1.82) is 0 Å². The van der Waals surface area contributed by atoms with Gasteiger partial charge in [0.1, 0.15) is 17.8 Å². The van der Waals surface area contributed by atoms with Crippen LogP contribution in [0.1, 0.15) is 51.1 Å². The third-order valence-corrected chi connectivity index (χ3v) is 5.50. The number of carbonyl (C=O) groups excluding carboxylic acids is 1. The van der Waals surface area contributed by atoms with E-state index in [0.29, 0.717) is 25.9 Å². The maximum absolute atomic E-state index is 12.8. The fourth-order valence-electron chi connectivity index (χ4n) is 3.77. The van der Waals surface area contributed by atoms with Gasteiger partial charge in [0.25, 0.3) is 0 Å². The second-order valence-corrected chi connectivity index (χ2v) is 7.49. The lowest BCUT2D eigenvalue weighted by Gasteiger charge is -2.34. The van der Waals surface area contributed by atoms with E-state index in [0.717, 1.165) is 44.0 Å². The molecule has 0 atom stereocenters. The number of hydrogen-bond donors (Lipinski definition) is 1. The largest absolute Gasteiger partial charge is 0.433 e. The maximum Gasteiger partial charge on any atom is 0.433 e. The lowest BCUT2D eigenvalue weighted by atomic mass is 9.86. The van der Waals surface area contributed by atoms with E-state index in [1.165, 1.54) is 0 Å². The van der Waals surface area contributed by atoms with Crippen LogP contribution in [-0.4, -0.2) is 35.0 Å². The van der Waals surface area contributed by atoms with Gasteiger partial charge in [0.15, 0.2) is 0 Å². The normalized spacial score (nSPS) is 25.2. The van der Waals surface area contributed by atoms with Crippen molar-refractivity contribution < 1.29 is 18.0 Å². The standard InChI is InChI=1S/C18H25F3N4O/c1-12-2-4-14(5-3-12)24-17(26)13-6-8-25(9-7-13)16-10-15(18(19,20)21)22-11-23-16/h10-14H,2-9H2,1H3,(H,24,26). The second-order valence-electron chi connectivity index (χ2n) is 7.49. The van der Waals surface area contributed by atoms with E-state index in [4.69, 9.17) is 0 Å². The molecule has 0 spiro atoms. The van der Waals surface area contributed by atoms with E-state index in [-0.39, 0.29) is 23.7 Å². The lowest BCUT2D eigenvalue weighted by molar-refractivity contribution is -0.141. The van der Waals surface area contributed by atoms with Gasteiger partial charge >= 0.3 is 6.18 Å². The minimum absolute atomic E-state index is 0.0745. The van der Waals surface area contributed by atoms with Crippen molar-refractivity contribution in [2.45, 2.75) is 57.7 Å². The smallest absolute Gasteiger partial charge is 0.356 e. The second kappa shape index (κ2) is 7.80. The van der Waals surface area contributed by atoms with E-state index in [9.17, 15) is 18.0 Å². The molecule has 0 aromatic carbocycles. The van der Waals surface area contributed by atoms with Crippen LogP contribution in [0, 0.1) is 11.8 Å². The number of hydrogen-bond acceptors (Lipinski definition) is 4. The van der Waals surface area contributed by atoms with Crippen molar-refractivity contribution in [3.05, 3.63) is 18.1 Å². The first-order valence-corrected chi connectivity index (χ1v) is 9.27. The van der Waals surface area contributed by atoms with Gasteiger partial charge in [-0.2, -0.15) is 13.2 Å². The summed E-state index contributed by atoms with van der Waals surface area (Å²) in [5.41, 5.74) is -0.936. The molecule has 2 fully saturated rings. The van der Waals surface area contributed by atoms with Crippen LogP contribution in [0.15, 0.2) is 12.4 Å². The summed E-state index contributed by atoms with van der Waals surface area (Å²) in [5, 5.41) is 3.16. The summed E-state index contributed by atoms with van der Waals surface area (Å²) in [6.45, 7) is 3.29. The zero-order valence-electron chi connectivity index (χ0n) is 14.9. The van der Waals surface area contributed by atoms with Gasteiger partial charge in [-0.1, -0.05) is 6.92 Å². The molecule has 1 aliphatic carbocycles. The summed E-state index contributed by atoms with van der Waals surface area (Å²) in [5.74, 6) is 1.02.